The van der Waals surface area contributed by atoms with Crippen LogP contribution < -0.4 is 0 Å². The number of morpholine rings is 1. The topological polar surface area (TPSA) is 38.8 Å². The second-order valence-electron chi connectivity index (χ2n) is 7.04. The van der Waals surface area contributed by atoms with E-state index >= 15 is 0 Å². The van der Waals surface area contributed by atoms with Gasteiger partial charge in [0.15, 0.2) is 0 Å². The molecule has 1 amide bonds. The zero-order valence-corrected chi connectivity index (χ0v) is 14.4. The Balaban J connectivity index is 1.74. The molecule has 1 aromatic rings. The minimum Gasteiger partial charge on any atom is -0.384 e. The van der Waals surface area contributed by atoms with E-state index in [1.165, 1.54) is 16.7 Å². The SMILES string of the molecule is COCC1(C(=O)N2CCO[C@H](c3ccc(C)cc3C)C2)CCC1. The third-order valence-electron chi connectivity index (χ3n) is 5.31. The molecule has 4 heteroatoms. The molecule has 0 unspecified atom stereocenters. The first-order valence-electron chi connectivity index (χ1n) is 8.53. The van der Waals surface area contributed by atoms with Gasteiger partial charge in [0.25, 0.3) is 0 Å². The Morgan fingerprint density at radius 1 is 1.39 bits per heavy atom. The highest BCUT2D eigenvalue weighted by molar-refractivity contribution is 5.84. The minimum absolute atomic E-state index is 0.0204. The summed E-state index contributed by atoms with van der Waals surface area (Å²) < 4.78 is 11.3. The van der Waals surface area contributed by atoms with Gasteiger partial charge in [-0.2, -0.15) is 0 Å². The van der Waals surface area contributed by atoms with Crippen molar-refractivity contribution in [1.29, 1.82) is 0 Å². The van der Waals surface area contributed by atoms with Gasteiger partial charge in [-0.1, -0.05) is 30.2 Å². The highest BCUT2D eigenvalue weighted by atomic mass is 16.5. The third-order valence-corrected chi connectivity index (χ3v) is 5.31. The lowest BCUT2D eigenvalue weighted by molar-refractivity contribution is -0.159. The van der Waals surface area contributed by atoms with Crippen molar-refractivity contribution in [2.24, 2.45) is 5.41 Å². The number of carbonyl (C=O) groups is 1. The Morgan fingerprint density at radius 2 is 2.17 bits per heavy atom. The number of aryl methyl sites for hydroxylation is 2. The summed E-state index contributed by atoms with van der Waals surface area (Å²) >= 11 is 0. The van der Waals surface area contributed by atoms with E-state index < -0.39 is 0 Å². The van der Waals surface area contributed by atoms with Gasteiger partial charge in [0.1, 0.15) is 6.10 Å². The van der Waals surface area contributed by atoms with Crippen LogP contribution in [0.2, 0.25) is 0 Å². The Bertz CT molecular complexity index is 580. The molecule has 3 rings (SSSR count). The van der Waals surface area contributed by atoms with Crippen molar-refractivity contribution >= 4 is 5.91 Å². The van der Waals surface area contributed by atoms with Crippen LogP contribution in [0.25, 0.3) is 0 Å². The molecule has 1 saturated carbocycles. The van der Waals surface area contributed by atoms with Gasteiger partial charge < -0.3 is 14.4 Å². The van der Waals surface area contributed by atoms with Crippen LogP contribution in [0.5, 0.6) is 0 Å². The quantitative estimate of drug-likeness (QED) is 0.857. The van der Waals surface area contributed by atoms with Crippen LogP contribution in [-0.2, 0) is 14.3 Å². The van der Waals surface area contributed by atoms with Crippen molar-refractivity contribution in [3.8, 4) is 0 Å². The molecule has 0 radical (unpaired) electrons. The molecule has 1 aliphatic heterocycles. The summed E-state index contributed by atoms with van der Waals surface area (Å²) in [7, 11) is 1.69. The van der Waals surface area contributed by atoms with E-state index in [0.29, 0.717) is 26.3 Å². The van der Waals surface area contributed by atoms with Gasteiger partial charge in [0.2, 0.25) is 5.91 Å². The first-order valence-corrected chi connectivity index (χ1v) is 8.53. The minimum atomic E-state index is -0.279. The fraction of sp³-hybridized carbons (Fsp3) is 0.632. The lowest BCUT2D eigenvalue weighted by Gasteiger charge is -2.45. The highest BCUT2D eigenvalue weighted by Crippen LogP contribution is 2.43. The van der Waals surface area contributed by atoms with Gasteiger partial charge in [0.05, 0.1) is 25.2 Å². The molecule has 2 fully saturated rings. The van der Waals surface area contributed by atoms with Gasteiger partial charge in [-0.15, -0.1) is 0 Å². The lowest BCUT2D eigenvalue weighted by Crippen LogP contribution is -2.53. The Hall–Kier alpha value is -1.39. The fourth-order valence-corrected chi connectivity index (χ4v) is 3.84. The molecule has 4 nitrogen and oxygen atoms in total. The number of benzene rings is 1. The summed E-state index contributed by atoms with van der Waals surface area (Å²) in [4.78, 5) is 15.0. The van der Waals surface area contributed by atoms with Gasteiger partial charge in [-0.05, 0) is 37.8 Å². The van der Waals surface area contributed by atoms with Crippen molar-refractivity contribution in [3.05, 3.63) is 34.9 Å². The molecule has 0 spiro atoms. The summed E-state index contributed by atoms with van der Waals surface area (Å²) in [6, 6.07) is 6.43. The monoisotopic (exact) mass is 317 g/mol. The number of rotatable bonds is 4. The molecule has 1 atom stereocenters. The van der Waals surface area contributed by atoms with Crippen molar-refractivity contribution in [2.75, 3.05) is 33.4 Å². The summed E-state index contributed by atoms with van der Waals surface area (Å²) in [6.45, 7) is 6.69. The second kappa shape index (κ2) is 6.62. The molecule has 126 valence electrons. The number of carbonyl (C=O) groups excluding carboxylic acids is 1. The maximum Gasteiger partial charge on any atom is 0.231 e. The maximum atomic E-state index is 13.0. The first kappa shape index (κ1) is 16.5. The van der Waals surface area contributed by atoms with Crippen LogP contribution in [0.4, 0.5) is 0 Å². The molecular weight excluding hydrogens is 290 g/mol. The molecule has 2 aliphatic rings. The summed E-state index contributed by atoms with van der Waals surface area (Å²) in [5.74, 6) is 0.253. The van der Waals surface area contributed by atoms with Gasteiger partial charge >= 0.3 is 0 Å². The van der Waals surface area contributed by atoms with Crippen LogP contribution in [0.15, 0.2) is 18.2 Å². The number of hydrogen-bond acceptors (Lipinski definition) is 3. The van der Waals surface area contributed by atoms with Gasteiger partial charge in [-0.3, -0.25) is 4.79 Å². The van der Waals surface area contributed by atoms with E-state index in [0.717, 1.165) is 19.3 Å². The molecular formula is C19H27NO3. The average Bonchev–Trinajstić information content (AvgIpc) is 2.50. The highest BCUT2D eigenvalue weighted by Gasteiger charge is 2.47. The largest absolute Gasteiger partial charge is 0.384 e. The molecule has 0 aromatic heterocycles. The molecule has 1 saturated heterocycles. The van der Waals surface area contributed by atoms with Crippen molar-refractivity contribution in [3.63, 3.8) is 0 Å². The summed E-state index contributed by atoms with van der Waals surface area (Å²) in [5.41, 5.74) is 3.41. The van der Waals surface area contributed by atoms with E-state index in [1.807, 2.05) is 4.90 Å². The van der Waals surface area contributed by atoms with Crippen LogP contribution >= 0.6 is 0 Å². The number of ether oxygens (including phenoxy) is 2. The summed E-state index contributed by atoms with van der Waals surface area (Å²) in [6.07, 6.45) is 3.00. The van der Waals surface area contributed by atoms with E-state index in [9.17, 15) is 4.79 Å². The summed E-state index contributed by atoms with van der Waals surface area (Å²) in [5, 5.41) is 0. The standard InChI is InChI=1S/C19H27NO3/c1-14-5-6-16(15(2)11-14)17-12-20(9-10-23-17)18(21)19(13-22-3)7-4-8-19/h5-6,11,17H,4,7-10,12-13H2,1-3H3/t17-/m0/s1. The lowest BCUT2D eigenvalue weighted by atomic mass is 9.68. The average molecular weight is 317 g/mol. The molecule has 0 N–H and O–H groups in total. The first-order chi connectivity index (χ1) is 11.1. The second-order valence-corrected chi connectivity index (χ2v) is 7.04. The Morgan fingerprint density at radius 3 is 2.78 bits per heavy atom. The van der Waals surface area contributed by atoms with E-state index in [2.05, 4.69) is 32.0 Å². The number of nitrogens with zero attached hydrogens (tertiary/aromatic N) is 1. The normalized spacial score (nSPS) is 23.4. The van der Waals surface area contributed by atoms with E-state index in [1.54, 1.807) is 7.11 Å². The predicted octanol–water partition coefficient (Wildman–Crippen LogP) is 3.02. The number of methoxy groups -OCH3 is 1. The van der Waals surface area contributed by atoms with Crippen molar-refractivity contribution in [2.45, 2.75) is 39.2 Å². The van der Waals surface area contributed by atoms with Crippen LogP contribution in [0, 0.1) is 19.3 Å². The smallest absolute Gasteiger partial charge is 0.231 e. The van der Waals surface area contributed by atoms with Gasteiger partial charge in [0, 0.05) is 13.7 Å². The zero-order chi connectivity index (χ0) is 16.4. The molecule has 1 heterocycles. The van der Waals surface area contributed by atoms with Gasteiger partial charge in [-0.25, -0.2) is 0 Å². The van der Waals surface area contributed by atoms with Crippen molar-refractivity contribution < 1.29 is 14.3 Å². The number of hydrogen-bond donors (Lipinski definition) is 0. The van der Waals surface area contributed by atoms with Crippen LogP contribution in [0.3, 0.4) is 0 Å². The zero-order valence-electron chi connectivity index (χ0n) is 14.4. The van der Waals surface area contributed by atoms with E-state index in [4.69, 9.17) is 9.47 Å². The Kier molecular flexibility index (Phi) is 4.74. The molecule has 0 bridgehead atoms. The van der Waals surface area contributed by atoms with E-state index in [-0.39, 0.29) is 17.4 Å². The third kappa shape index (κ3) is 3.15. The maximum absolute atomic E-state index is 13.0. The number of amides is 1. The Labute approximate surface area is 138 Å². The molecule has 1 aliphatic carbocycles. The van der Waals surface area contributed by atoms with Crippen molar-refractivity contribution in [1.82, 2.24) is 4.90 Å². The molecule has 1 aromatic carbocycles. The van der Waals surface area contributed by atoms with Crippen LogP contribution in [0.1, 0.15) is 42.1 Å². The predicted molar refractivity (Wildman–Crippen MR) is 89.3 cm³/mol. The molecule has 23 heavy (non-hydrogen) atoms. The van der Waals surface area contributed by atoms with Crippen LogP contribution in [-0.4, -0.2) is 44.2 Å². The fourth-order valence-electron chi connectivity index (χ4n) is 3.84.